The summed E-state index contributed by atoms with van der Waals surface area (Å²) in [5.74, 6) is -1.84. The van der Waals surface area contributed by atoms with E-state index in [1.807, 2.05) is 20.2 Å². The lowest BCUT2D eigenvalue weighted by Gasteiger charge is -2.33. The van der Waals surface area contributed by atoms with Crippen LogP contribution in [0.4, 0.5) is 10.1 Å². The van der Waals surface area contributed by atoms with Gasteiger partial charge in [-0.15, -0.1) is 0 Å². The molecule has 3 atom stereocenters. The van der Waals surface area contributed by atoms with Gasteiger partial charge in [-0.2, -0.15) is 0 Å². The number of amides is 1. The van der Waals surface area contributed by atoms with Crippen LogP contribution in [0.3, 0.4) is 0 Å². The maximum Gasteiger partial charge on any atom is 0.330 e. The van der Waals surface area contributed by atoms with Gasteiger partial charge in [-0.05, 0) is 64.2 Å². The van der Waals surface area contributed by atoms with E-state index < -0.39 is 22.9 Å². The molecule has 0 bridgehead atoms. The third-order valence-electron chi connectivity index (χ3n) is 6.33. The average molecular weight is 443 g/mol. The van der Waals surface area contributed by atoms with Gasteiger partial charge in [0.2, 0.25) is 5.91 Å². The van der Waals surface area contributed by atoms with Crippen molar-refractivity contribution in [2.75, 3.05) is 25.6 Å². The van der Waals surface area contributed by atoms with Gasteiger partial charge in [0.15, 0.2) is 5.54 Å². The molecule has 0 spiro atoms. The molecule has 2 aromatic carbocycles. The van der Waals surface area contributed by atoms with Crippen LogP contribution in [0.15, 0.2) is 54.6 Å². The van der Waals surface area contributed by atoms with E-state index in [0.29, 0.717) is 17.8 Å². The molecule has 3 N–H and O–H groups in total. The minimum Gasteiger partial charge on any atom is -0.479 e. The van der Waals surface area contributed by atoms with Crippen LogP contribution < -0.4 is 15.8 Å². The Hall–Kier alpha value is -2.97. The smallest absolute Gasteiger partial charge is 0.330 e. The number of anilines is 1. The Morgan fingerprint density at radius 1 is 1.19 bits per heavy atom. The number of carbonyl (C=O) groups is 2. The molecule has 1 saturated heterocycles. The highest BCUT2D eigenvalue weighted by molar-refractivity contribution is 5.93. The van der Waals surface area contributed by atoms with Crippen molar-refractivity contribution >= 4 is 17.6 Å². The molecule has 1 aliphatic heterocycles. The van der Waals surface area contributed by atoms with Crippen molar-refractivity contribution in [1.82, 2.24) is 15.6 Å². The molecule has 1 fully saturated rings. The van der Waals surface area contributed by atoms with Crippen LogP contribution in [0.5, 0.6) is 0 Å². The summed E-state index contributed by atoms with van der Waals surface area (Å²) in [5.41, 5.74) is 1.53. The number of benzene rings is 2. The maximum atomic E-state index is 13.7. The number of rotatable bonds is 8. The van der Waals surface area contributed by atoms with Gasteiger partial charge in [-0.3, -0.25) is 9.80 Å². The van der Waals surface area contributed by atoms with E-state index in [4.69, 9.17) is 0 Å². The monoisotopic (exact) mass is 442 g/mol. The highest BCUT2D eigenvalue weighted by atomic mass is 19.1. The van der Waals surface area contributed by atoms with Gasteiger partial charge in [0, 0.05) is 19.0 Å². The van der Waals surface area contributed by atoms with Crippen LogP contribution in [0, 0.1) is 5.82 Å². The Balaban J connectivity index is 2.00. The average Bonchev–Trinajstić information content (AvgIpc) is 3.10. The van der Waals surface area contributed by atoms with E-state index in [0.717, 1.165) is 6.42 Å². The summed E-state index contributed by atoms with van der Waals surface area (Å²) in [6.45, 7) is 4.08. The zero-order chi connectivity index (χ0) is 23.5. The molecule has 172 valence electrons. The Labute approximate surface area is 188 Å². The molecule has 1 amide bonds. The number of hydrazine groups is 1. The first-order valence-electron chi connectivity index (χ1n) is 10.7. The van der Waals surface area contributed by atoms with Crippen molar-refractivity contribution in [3.05, 3.63) is 66.0 Å². The topological polar surface area (TPSA) is 84.9 Å². The number of para-hydroxylation sites is 1. The Kier molecular flexibility index (Phi) is 6.85. The SMILES string of the molecule is CC(CCNC(=O)C1(c2ccc(F)cc2)CC(C)(C(=O)O)N(c2ccccc2)N1)N(C)C. The molecule has 3 rings (SSSR count). The lowest BCUT2D eigenvalue weighted by molar-refractivity contribution is -0.142. The zero-order valence-electron chi connectivity index (χ0n) is 18.9. The summed E-state index contributed by atoms with van der Waals surface area (Å²) < 4.78 is 13.7. The Bertz CT molecular complexity index is 953. The van der Waals surface area contributed by atoms with Crippen LogP contribution in [0.25, 0.3) is 0 Å². The summed E-state index contributed by atoms with van der Waals surface area (Å²) in [5, 5.41) is 14.6. The van der Waals surface area contributed by atoms with Gasteiger partial charge in [0.05, 0.1) is 5.69 Å². The highest BCUT2D eigenvalue weighted by Crippen LogP contribution is 2.43. The predicted molar refractivity (Wildman–Crippen MR) is 122 cm³/mol. The van der Waals surface area contributed by atoms with Crippen molar-refractivity contribution < 1.29 is 19.1 Å². The van der Waals surface area contributed by atoms with Crippen molar-refractivity contribution in [2.24, 2.45) is 0 Å². The predicted octanol–water partition coefficient (Wildman–Crippen LogP) is 2.74. The number of hydrogen-bond acceptors (Lipinski definition) is 5. The number of carboxylic acids is 1. The number of halogens is 1. The van der Waals surface area contributed by atoms with E-state index >= 15 is 0 Å². The molecule has 2 aromatic rings. The summed E-state index contributed by atoms with van der Waals surface area (Å²) in [7, 11) is 3.95. The third kappa shape index (κ3) is 4.47. The maximum absolute atomic E-state index is 13.7. The molecule has 32 heavy (non-hydrogen) atoms. The van der Waals surface area contributed by atoms with E-state index in [2.05, 4.69) is 22.6 Å². The summed E-state index contributed by atoms with van der Waals surface area (Å²) in [6.07, 6.45) is 0.696. The van der Waals surface area contributed by atoms with E-state index in [-0.39, 0.29) is 18.4 Å². The second-order valence-corrected chi connectivity index (χ2v) is 8.81. The van der Waals surface area contributed by atoms with Crippen LogP contribution >= 0.6 is 0 Å². The fourth-order valence-corrected chi connectivity index (χ4v) is 4.01. The first-order valence-corrected chi connectivity index (χ1v) is 10.7. The molecular weight excluding hydrogens is 411 g/mol. The lowest BCUT2D eigenvalue weighted by atomic mass is 9.80. The van der Waals surface area contributed by atoms with E-state index in [1.165, 1.54) is 29.3 Å². The Morgan fingerprint density at radius 3 is 2.38 bits per heavy atom. The molecule has 1 aliphatic rings. The zero-order valence-corrected chi connectivity index (χ0v) is 18.9. The number of nitrogens with zero attached hydrogens (tertiary/aromatic N) is 2. The molecule has 3 unspecified atom stereocenters. The summed E-state index contributed by atoms with van der Waals surface area (Å²) in [6, 6.07) is 14.9. The normalized spacial score (nSPS) is 23.9. The van der Waals surface area contributed by atoms with Gasteiger partial charge in [0.1, 0.15) is 11.4 Å². The molecule has 7 nitrogen and oxygen atoms in total. The van der Waals surface area contributed by atoms with Gasteiger partial charge in [0.25, 0.3) is 0 Å². The molecule has 8 heteroatoms. The molecule has 0 aromatic heterocycles. The second-order valence-electron chi connectivity index (χ2n) is 8.81. The number of nitrogens with one attached hydrogen (secondary N) is 2. The number of hydrogen-bond donors (Lipinski definition) is 3. The largest absolute Gasteiger partial charge is 0.479 e. The van der Waals surface area contributed by atoms with Gasteiger partial charge in [-0.25, -0.2) is 14.6 Å². The molecular formula is C24H31FN4O3. The van der Waals surface area contributed by atoms with E-state index in [9.17, 15) is 19.1 Å². The van der Waals surface area contributed by atoms with Crippen LogP contribution in [0.1, 0.15) is 32.3 Å². The van der Waals surface area contributed by atoms with Crippen molar-refractivity contribution in [3.63, 3.8) is 0 Å². The van der Waals surface area contributed by atoms with Gasteiger partial charge in [-0.1, -0.05) is 30.3 Å². The van der Waals surface area contributed by atoms with Crippen LogP contribution in [-0.2, 0) is 15.1 Å². The molecule has 0 aliphatic carbocycles. The number of aliphatic carboxylic acids is 1. The minimum absolute atomic E-state index is 0.0368. The summed E-state index contributed by atoms with van der Waals surface area (Å²) in [4.78, 5) is 28.1. The first kappa shape index (κ1) is 23.7. The fraction of sp³-hybridized carbons (Fsp3) is 0.417. The third-order valence-corrected chi connectivity index (χ3v) is 6.33. The van der Waals surface area contributed by atoms with Crippen molar-refractivity contribution in [3.8, 4) is 0 Å². The van der Waals surface area contributed by atoms with Crippen molar-refractivity contribution in [1.29, 1.82) is 0 Å². The number of carboxylic acid groups (broad SMARTS) is 1. The second kappa shape index (κ2) is 9.26. The van der Waals surface area contributed by atoms with Crippen LogP contribution in [0.2, 0.25) is 0 Å². The quantitative estimate of drug-likeness (QED) is 0.583. The van der Waals surface area contributed by atoms with Gasteiger partial charge >= 0.3 is 5.97 Å². The van der Waals surface area contributed by atoms with Gasteiger partial charge < -0.3 is 15.3 Å². The van der Waals surface area contributed by atoms with Crippen molar-refractivity contribution in [2.45, 2.75) is 43.8 Å². The first-order chi connectivity index (χ1) is 15.1. The van der Waals surface area contributed by atoms with E-state index in [1.54, 1.807) is 31.2 Å². The molecule has 0 saturated carbocycles. The summed E-state index contributed by atoms with van der Waals surface area (Å²) >= 11 is 0. The number of carbonyl (C=O) groups excluding carboxylic acids is 1. The molecule has 1 heterocycles. The highest BCUT2D eigenvalue weighted by Gasteiger charge is 2.59. The fourth-order valence-electron chi connectivity index (χ4n) is 4.01. The Morgan fingerprint density at radius 2 is 1.81 bits per heavy atom. The minimum atomic E-state index is -1.41. The van der Waals surface area contributed by atoms with Crippen LogP contribution in [-0.4, -0.2) is 54.1 Å². The standard InChI is InChI=1S/C24H31FN4O3/c1-17(28(3)4)14-15-26-21(30)24(18-10-12-19(25)13-11-18)16-23(2,22(31)32)29(27-24)20-8-6-5-7-9-20/h5-13,17,27H,14-16H2,1-4H3,(H,26,30)(H,31,32). The molecule has 0 radical (unpaired) electrons. The lowest BCUT2D eigenvalue weighted by Crippen LogP contribution is -2.56.